The summed E-state index contributed by atoms with van der Waals surface area (Å²) in [7, 11) is 0. The van der Waals surface area contributed by atoms with Crippen molar-refractivity contribution in [2.75, 3.05) is 18.0 Å². The zero-order chi connectivity index (χ0) is 23.9. The summed E-state index contributed by atoms with van der Waals surface area (Å²) >= 11 is 0. The van der Waals surface area contributed by atoms with Crippen LogP contribution in [-0.4, -0.2) is 52.1 Å². The number of carbonyl (C=O) groups excluding carboxylic acids is 1. The molecule has 0 bridgehead atoms. The minimum Gasteiger partial charge on any atom is -0.480 e. The molecular weight excluding hydrogens is 432 g/mol. The van der Waals surface area contributed by atoms with Crippen molar-refractivity contribution in [1.82, 2.24) is 4.90 Å². The number of carbonyl (C=O) groups is 3. The number of benzene rings is 2. The molecule has 7 heteroatoms. The Morgan fingerprint density at radius 1 is 1.00 bits per heavy atom. The molecule has 2 N–H and O–H groups in total. The second-order valence-corrected chi connectivity index (χ2v) is 9.11. The molecule has 2 unspecified atom stereocenters. The molecule has 0 aromatic heterocycles. The van der Waals surface area contributed by atoms with Crippen molar-refractivity contribution in [1.29, 1.82) is 0 Å². The first-order valence-electron chi connectivity index (χ1n) is 11.5. The summed E-state index contributed by atoms with van der Waals surface area (Å²) in [5, 5.41) is 19.1. The lowest BCUT2D eigenvalue weighted by atomic mass is 9.68. The second kappa shape index (κ2) is 8.57. The van der Waals surface area contributed by atoms with Gasteiger partial charge in [0.1, 0.15) is 6.04 Å². The number of anilines is 1. The van der Waals surface area contributed by atoms with Crippen LogP contribution in [0.5, 0.6) is 0 Å². The Hall–Kier alpha value is -3.71. The summed E-state index contributed by atoms with van der Waals surface area (Å²) in [6.45, 7) is -0.103. The summed E-state index contributed by atoms with van der Waals surface area (Å²) in [6, 6.07) is 16.8. The van der Waals surface area contributed by atoms with Gasteiger partial charge in [0.15, 0.2) is 0 Å². The number of rotatable bonds is 5. The largest absolute Gasteiger partial charge is 0.480 e. The number of fused-ring (bicyclic) bond motifs is 1. The predicted octanol–water partition coefficient (Wildman–Crippen LogP) is 3.92. The average Bonchev–Trinajstić information content (AvgIpc) is 3.08. The van der Waals surface area contributed by atoms with Gasteiger partial charge in [0.25, 0.3) is 0 Å². The maximum Gasteiger partial charge on any atom is 0.320 e. The molecule has 1 spiro atoms. The van der Waals surface area contributed by atoms with Crippen LogP contribution in [0.4, 0.5) is 5.69 Å². The predicted molar refractivity (Wildman–Crippen MR) is 127 cm³/mol. The molecule has 5 rings (SSSR count). The van der Waals surface area contributed by atoms with Gasteiger partial charge in [0.05, 0.1) is 12.0 Å². The van der Waals surface area contributed by atoms with Crippen LogP contribution < -0.4 is 4.90 Å². The molecule has 2 heterocycles. The molecule has 0 saturated carbocycles. The zero-order valence-corrected chi connectivity index (χ0v) is 18.7. The van der Waals surface area contributed by atoms with Gasteiger partial charge in [-0.3, -0.25) is 24.2 Å². The summed E-state index contributed by atoms with van der Waals surface area (Å²) in [5.41, 5.74) is 3.78. The minimum absolute atomic E-state index is 0.0831. The molecule has 1 amide bonds. The highest BCUT2D eigenvalue weighted by molar-refractivity contribution is 6.07. The summed E-state index contributed by atoms with van der Waals surface area (Å²) < 4.78 is 0. The van der Waals surface area contributed by atoms with E-state index in [1.807, 2.05) is 66.7 Å². The van der Waals surface area contributed by atoms with Crippen molar-refractivity contribution < 1.29 is 24.6 Å². The van der Waals surface area contributed by atoms with Gasteiger partial charge in [-0.1, -0.05) is 48.5 Å². The number of likely N-dealkylation sites (tertiary alicyclic amines) is 1. The lowest BCUT2D eigenvalue weighted by Gasteiger charge is -2.43. The fraction of sp³-hybridized carbons (Fsp3) is 0.296. The SMILES string of the molecule is O=C(O)CN1CCC2(CC1C(=O)O)C(=O)N(c1ccc(-c3ccccc3)cc1)C1=C2CCC=C1. The van der Waals surface area contributed by atoms with E-state index >= 15 is 0 Å². The Balaban J connectivity index is 1.51. The van der Waals surface area contributed by atoms with Crippen LogP contribution in [0.1, 0.15) is 25.7 Å². The quantitative estimate of drug-likeness (QED) is 0.705. The Morgan fingerprint density at radius 3 is 2.38 bits per heavy atom. The second-order valence-electron chi connectivity index (χ2n) is 9.11. The van der Waals surface area contributed by atoms with E-state index in [-0.39, 0.29) is 25.4 Å². The van der Waals surface area contributed by atoms with Crippen LogP contribution >= 0.6 is 0 Å². The number of hydrogen-bond donors (Lipinski definition) is 2. The van der Waals surface area contributed by atoms with Crippen molar-refractivity contribution in [3.63, 3.8) is 0 Å². The van der Waals surface area contributed by atoms with Gasteiger partial charge in [-0.2, -0.15) is 0 Å². The lowest BCUT2D eigenvalue weighted by molar-refractivity contribution is -0.150. The molecule has 7 nitrogen and oxygen atoms in total. The van der Waals surface area contributed by atoms with E-state index in [9.17, 15) is 24.6 Å². The van der Waals surface area contributed by atoms with Gasteiger partial charge in [-0.05, 0) is 60.6 Å². The molecule has 2 aromatic rings. The van der Waals surface area contributed by atoms with Gasteiger partial charge < -0.3 is 10.2 Å². The number of carboxylic acids is 2. The first kappa shape index (κ1) is 22.1. The smallest absolute Gasteiger partial charge is 0.320 e. The third kappa shape index (κ3) is 3.62. The van der Waals surface area contributed by atoms with Crippen LogP contribution in [-0.2, 0) is 14.4 Å². The Labute approximate surface area is 197 Å². The summed E-state index contributed by atoms with van der Waals surface area (Å²) in [5.74, 6) is -2.27. The average molecular weight is 459 g/mol. The molecule has 0 radical (unpaired) electrons. The number of hydrogen-bond acceptors (Lipinski definition) is 4. The van der Waals surface area contributed by atoms with Gasteiger partial charge in [0.2, 0.25) is 5.91 Å². The van der Waals surface area contributed by atoms with Crippen molar-refractivity contribution in [2.24, 2.45) is 5.41 Å². The van der Waals surface area contributed by atoms with Crippen LogP contribution in [0, 0.1) is 5.41 Å². The summed E-state index contributed by atoms with van der Waals surface area (Å²) in [6.07, 6.45) is 6.00. The van der Waals surface area contributed by atoms with Crippen molar-refractivity contribution in [2.45, 2.75) is 31.7 Å². The maximum atomic E-state index is 14.0. The van der Waals surface area contributed by atoms with Gasteiger partial charge in [-0.15, -0.1) is 0 Å². The molecule has 34 heavy (non-hydrogen) atoms. The number of amides is 1. The Morgan fingerprint density at radius 2 is 1.71 bits per heavy atom. The fourth-order valence-corrected chi connectivity index (χ4v) is 5.61. The Kier molecular flexibility index (Phi) is 5.57. The van der Waals surface area contributed by atoms with E-state index in [0.29, 0.717) is 12.8 Å². The first-order chi connectivity index (χ1) is 16.4. The van der Waals surface area contributed by atoms with E-state index < -0.39 is 23.4 Å². The van der Waals surface area contributed by atoms with E-state index in [1.165, 1.54) is 4.90 Å². The highest BCUT2D eigenvalue weighted by atomic mass is 16.4. The number of allylic oxidation sites excluding steroid dienone is 2. The third-order valence-electron chi connectivity index (χ3n) is 7.24. The third-order valence-corrected chi connectivity index (χ3v) is 7.24. The topological polar surface area (TPSA) is 98.1 Å². The van der Waals surface area contributed by atoms with E-state index in [4.69, 9.17) is 0 Å². The van der Waals surface area contributed by atoms with Gasteiger partial charge in [0, 0.05) is 17.9 Å². The van der Waals surface area contributed by atoms with Gasteiger partial charge in [-0.25, -0.2) is 0 Å². The van der Waals surface area contributed by atoms with Crippen LogP contribution in [0.15, 0.2) is 78.0 Å². The van der Waals surface area contributed by atoms with Crippen LogP contribution in [0.3, 0.4) is 0 Å². The summed E-state index contributed by atoms with van der Waals surface area (Å²) in [4.78, 5) is 40.6. The van der Waals surface area contributed by atoms with E-state index in [2.05, 4.69) is 0 Å². The molecule has 2 atom stereocenters. The first-order valence-corrected chi connectivity index (χ1v) is 11.5. The normalized spacial score (nSPS) is 24.5. The fourth-order valence-electron chi connectivity index (χ4n) is 5.61. The molecule has 1 fully saturated rings. The van der Waals surface area contributed by atoms with Crippen LogP contribution in [0.25, 0.3) is 11.1 Å². The zero-order valence-electron chi connectivity index (χ0n) is 18.7. The molecule has 2 aliphatic heterocycles. The van der Waals surface area contributed by atoms with Gasteiger partial charge >= 0.3 is 11.9 Å². The highest BCUT2D eigenvalue weighted by Gasteiger charge is 2.56. The van der Waals surface area contributed by atoms with E-state index in [1.54, 1.807) is 4.90 Å². The molecule has 3 aliphatic rings. The van der Waals surface area contributed by atoms with E-state index in [0.717, 1.165) is 34.5 Å². The number of nitrogens with zero attached hydrogens (tertiary/aromatic N) is 2. The maximum absolute atomic E-state index is 14.0. The lowest BCUT2D eigenvalue weighted by Crippen LogP contribution is -2.55. The minimum atomic E-state index is -1.09. The number of piperidine rings is 1. The Bertz CT molecular complexity index is 1200. The number of carboxylic acid groups (broad SMARTS) is 2. The molecule has 1 saturated heterocycles. The van der Waals surface area contributed by atoms with Crippen LogP contribution in [0.2, 0.25) is 0 Å². The highest BCUT2D eigenvalue weighted by Crippen LogP contribution is 2.53. The standard InChI is InChI=1S/C27H26N2O5/c30-24(31)17-28-15-14-27(16-23(28)25(32)33)21-8-4-5-9-22(21)29(26(27)34)20-12-10-19(11-13-20)18-6-2-1-3-7-18/h1-3,5-7,9-13,23H,4,8,14-17H2,(H,30,31)(H,32,33). The monoisotopic (exact) mass is 458 g/mol. The van der Waals surface area contributed by atoms with Crippen molar-refractivity contribution in [3.05, 3.63) is 78.0 Å². The molecule has 2 aromatic carbocycles. The molecular formula is C27H26N2O5. The number of aliphatic carboxylic acids is 2. The molecule has 1 aliphatic carbocycles. The molecule has 174 valence electrons. The van der Waals surface area contributed by atoms with Crippen molar-refractivity contribution in [3.8, 4) is 11.1 Å². The van der Waals surface area contributed by atoms with Crippen molar-refractivity contribution >= 4 is 23.5 Å².